The molecule has 1 unspecified atom stereocenters. The molecule has 1 N–H and O–H groups in total. The summed E-state index contributed by atoms with van der Waals surface area (Å²) < 4.78 is 15.9. The fourth-order valence-electron chi connectivity index (χ4n) is 2.20. The Kier molecular flexibility index (Phi) is 8.13. The number of rotatable bonds is 9. The molecule has 0 aliphatic rings. The molecule has 1 atom stereocenters. The number of esters is 1. The Labute approximate surface area is 159 Å². The summed E-state index contributed by atoms with van der Waals surface area (Å²) in [7, 11) is 0. The number of aromatic hydroxyl groups is 1. The van der Waals surface area contributed by atoms with Crippen molar-refractivity contribution in [3.05, 3.63) is 71.8 Å². The van der Waals surface area contributed by atoms with Gasteiger partial charge in [0, 0.05) is 6.92 Å². The lowest BCUT2D eigenvalue weighted by Crippen LogP contribution is -2.19. The van der Waals surface area contributed by atoms with Gasteiger partial charge in [-0.05, 0) is 42.3 Å². The smallest absolute Gasteiger partial charge is 0.302 e. The first kappa shape index (κ1) is 20.3. The van der Waals surface area contributed by atoms with Crippen LogP contribution >= 0.6 is 0 Å². The van der Waals surface area contributed by atoms with E-state index in [-0.39, 0.29) is 24.9 Å². The molecule has 0 heterocycles. The number of hydrogen-bond acceptors (Lipinski definition) is 5. The summed E-state index contributed by atoms with van der Waals surface area (Å²) in [5, 5.41) is 9.25. The number of benzene rings is 2. The average molecular weight is 368 g/mol. The van der Waals surface area contributed by atoms with Gasteiger partial charge in [-0.1, -0.05) is 48.6 Å². The Morgan fingerprint density at radius 1 is 0.963 bits per heavy atom. The van der Waals surface area contributed by atoms with Crippen LogP contribution in [0.1, 0.15) is 25.0 Å². The van der Waals surface area contributed by atoms with E-state index in [1.165, 1.54) is 6.92 Å². The maximum absolute atomic E-state index is 10.7. The molecule has 2 rings (SSSR count). The maximum atomic E-state index is 10.7. The minimum absolute atomic E-state index is 0.213. The summed E-state index contributed by atoms with van der Waals surface area (Å²) >= 11 is 0. The number of ether oxygens (including phenoxy) is 3. The topological polar surface area (TPSA) is 65.0 Å². The van der Waals surface area contributed by atoms with E-state index in [0.717, 1.165) is 11.1 Å². The predicted octanol–water partition coefficient (Wildman–Crippen LogP) is 4.42. The van der Waals surface area contributed by atoms with Crippen LogP contribution in [0, 0.1) is 0 Å². The quantitative estimate of drug-likeness (QED) is 0.307. The molecule has 27 heavy (non-hydrogen) atoms. The van der Waals surface area contributed by atoms with Crippen molar-refractivity contribution < 1.29 is 24.1 Å². The standard InChI is InChI=1S/C22H24O5/c1-17(23)25-15-16-26-18(2)27-22-13-9-20(10-14-22)6-4-3-5-19-7-11-21(24)12-8-19/h3-14,18,24H,15-16H2,1-2H3. The van der Waals surface area contributed by atoms with Gasteiger partial charge >= 0.3 is 5.97 Å². The van der Waals surface area contributed by atoms with E-state index in [9.17, 15) is 9.90 Å². The van der Waals surface area contributed by atoms with Gasteiger partial charge in [0.05, 0.1) is 6.61 Å². The fourth-order valence-corrected chi connectivity index (χ4v) is 2.20. The molecule has 5 nitrogen and oxygen atoms in total. The minimum atomic E-state index is -0.435. The summed E-state index contributed by atoms with van der Waals surface area (Å²) in [5.74, 6) is 0.634. The van der Waals surface area contributed by atoms with E-state index >= 15 is 0 Å². The number of phenolic OH excluding ortho intramolecular Hbond substituents is 1. The second-order valence-corrected chi connectivity index (χ2v) is 5.78. The Morgan fingerprint density at radius 2 is 1.52 bits per heavy atom. The van der Waals surface area contributed by atoms with Crippen molar-refractivity contribution in [2.75, 3.05) is 13.2 Å². The number of hydrogen-bond donors (Lipinski definition) is 1. The average Bonchev–Trinajstić information content (AvgIpc) is 2.65. The van der Waals surface area contributed by atoms with Crippen LogP contribution in [0.2, 0.25) is 0 Å². The summed E-state index contributed by atoms with van der Waals surface area (Å²) in [5.41, 5.74) is 2.06. The van der Waals surface area contributed by atoms with Gasteiger partial charge in [-0.15, -0.1) is 0 Å². The molecule has 0 spiro atoms. The van der Waals surface area contributed by atoms with Gasteiger partial charge in [0.25, 0.3) is 0 Å². The van der Waals surface area contributed by atoms with E-state index in [2.05, 4.69) is 0 Å². The lowest BCUT2D eigenvalue weighted by molar-refractivity contribution is -0.145. The van der Waals surface area contributed by atoms with Crippen LogP contribution in [-0.2, 0) is 14.3 Å². The molecular weight excluding hydrogens is 344 g/mol. The highest BCUT2D eigenvalue weighted by molar-refractivity contribution is 5.65. The Bertz CT molecular complexity index is 760. The number of allylic oxidation sites excluding steroid dienone is 2. The molecule has 2 aromatic rings. The normalized spacial score (nSPS) is 12.4. The Balaban J connectivity index is 1.77. The zero-order valence-electron chi connectivity index (χ0n) is 15.5. The molecule has 142 valence electrons. The van der Waals surface area contributed by atoms with Crippen molar-refractivity contribution in [1.29, 1.82) is 0 Å². The number of carbonyl (C=O) groups excluding carboxylic acids is 1. The zero-order chi connectivity index (χ0) is 19.5. The van der Waals surface area contributed by atoms with Crippen LogP contribution < -0.4 is 4.74 Å². The van der Waals surface area contributed by atoms with Crippen LogP contribution in [0.3, 0.4) is 0 Å². The summed E-state index contributed by atoms with van der Waals surface area (Å²) in [4.78, 5) is 10.7. The van der Waals surface area contributed by atoms with E-state index in [1.54, 1.807) is 19.1 Å². The third-order valence-electron chi connectivity index (χ3n) is 3.50. The molecule has 0 aromatic heterocycles. The molecule has 0 fully saturated rings. The first-order valence-electron chi connectivity index (χ1n) is 8.68. The van der Waals surface area contributed by atoms with Crippen molar-refractivity contribution >= 4 is 18.1 Å². The highest BCUT2D eigenvalue weighted by atomic mass is 16.7. The van der Waals surface area contributed by atoms with Crippen LogP contribution in [0.5, 0.6) is 11.5 Å². The third-order valence-corrected chi connectivity index (χ3v) is 3.50. The van der Waals surface area contributed by atoms with E-state index in [0.29, 0.717) is 5.75 Å². The molecule has 0 radical (unpaired) electrons. The van der Waals surface area contributed by atoms with Gasteiger partial charge in [-0.25, -0.2) is 0 Å². The van der Waals surface area contributed by atoms with Crippen LogP contribution in [0.15, 0.2) is 60.7 Å². The summed E-state index contributed by atoms with van der Waals surface area (Å²) in [6.07, 6.45) is 7.40. The molecule has 0 saturated carbocycles. The molecule has 0 amide bonds. The monoisotopic (exact) mass is 368 g/mol. The third kappa shape index (κ3) is 8.25. The first-order valence-corrected chi connectivity index (χ1v) is 8.68. The highest BCUT2D eigenvalue weighted by Gasteiger charge is 2.04. The second kappa shape index (κ2) is 10.8. The van der Waals surface area contributed by atoms with Crippen LogP contribution in [0.25, 0.3) is 12.2 Å². The van der Waals surface area contributed by atoms with Crippen LogP contribution in [-0.4, -0.2) is 30.6 Å². The molecule has 2 aromatic carbocycles. The van der Waals surface area contributed by atoms with Crippen molar-refractivity contribution in [3.63, 3.8) is 0 Å². The van der Waals surface area contributed by atoms with Gasteiger partial charge in [-0.3, -0.25) is 4.79 Å². The Hall–Kier alpha value is -3.05. The molecule has 0 saturated heterocycles. The van der Waals surface area contributed by atoms with Gasteiger partial charge in [-0.2, -0.15) is 0 Å². The largest absolute Gasteiger partial charge is 0.508 e. The first-order chi connectivity index (χ1) is 13.0. The lowest BCUT2D eigenvalue weighted by atomic mass is 10.2. The van der Waals surface area contributed by atoms with Crippen molar-refractivity contribution in [2.45, 2.75) is 20.1 Å². The highest BCUT2D eigenvalue weighted by Crippen LogP contribution is 2.15. The van der Waals surface area contributed by atoms with Crippen molar-refractivity contribution in [2.24, 2.45) is 0 Å². The van der Waals surface area contributed by atoms with Crippen molar-refractivity contribution in [1.82, 2.24) is 0 Å². The van der Waals surface area contributed by atoms with Crippen molar-refractivity contribution in [3.8, 4) is 11.5 Å². The lowest BCUT2D eigenvalue weighted by Gasteiger charge is -2.15. The molecule has 5 heteroatoms. The Morgan fingerprint density at radius 3 is 2.07 bits per heavy atom. The van der Waals surface area contributed by atoms with E-state index in [4.69, 9.17) is 14.2 Å². The van der Waals surface area contributed by atoms with E-state index in [1.807, 2.05) is 60.7 Å². The van der Waals surface area contributed by atoms with Gasteiger partial charge < -0.3 is 19.3 Å². The van der Waals surface area contributed by atoms with Gasteiger partial charge in [0.1, 0.15) is 18.1 Å². The number of carbonyl (C=O) groups is 1. The minimum Gasteiger partial charge on any atom is -0.508 e. The zero-order valence-corrected chi connectivity index (χ0v) is 15.5. The van der Waals surface area contributed by atoms with Gasteiger partial charge in [0.2, 0.25) is 0 Å². The summed E-state index contributed by atoms with van der Waals surface area (Å²) in [6.45, 7) is 3.65. The molecule has 0 aliphatic heterocycles. The molecule has 0 aliphatic carbocycles. The predicted molar refractivity (Wildman–Crippen MR) is 105 cm³/mol. The second-order valence-electron chi connectivity index (χ2n) is 5.78. The maximum Gasteiger partial charge on any atom is 0.302 e. The summed E-state index contributed by atoms with van der Waals surface area (Å²) in [6, 6.07) is 14.6. The fraction of sp³-hybridized carbons (Fsp3) is 0.227. The number of phenols is 1. The van der Waals surface area contributed by atoms with Crippen LogP contribution in [0.4, 0.5) is 0 Å². The SMILES string of the molecule is CC(=O)OCCOC(C)Oc1ccc(C=CC=Cc2ccc(O)cc2)cc1. The van der Waals surface area contributed by atoms with Gasteiger partial charge in [0.15, 0.2) is 6.29 Å². The van der Waals surface area contributed by atoms with E-state index < -0.39 is 6.29 Å². The molecular formula is C22H24O5. The molecule has 0 bridgehead atoms.